The molecule has 2 aromatic carbocycles. The molecule has 1 unspecified atom stereocenters. The number of alkyl halides is 3. The molecule has 0 radical (unpaired) electrons. The summed E-state index contributed by atoms with van der Waals surface area (Å²) in [5.41, 5.74) is 1.34. The van der Waals surface area contributed by atoms with E-state index in [9.17, 15) is 17.6 Å². The van der Waals surface area contributed by atoms with Crippen LogP contribution in [0.25, 0.3) is 0 Å². The molecule has 0 spiro atoms. The molecular formula is C16H11F4N3S. The van der Waals surface area contributed by atoms with E-state index in [1.54, 1.807) is 36.4 Å². The SMILES string of the molecule is Fc1cccc(C(Nc2nnc(C(F)(F)F)s2)c2ccccc2)c1. The van der Waals surface area contributed by atoms with E-state index in [2.05, 4.69) is 15.5 Å². The Morgan fingerprint density at radius 3 is 2.25 bits per heavy atom. The Hall–Kier alpha value is -2.48. The van der Waals surface area contributed by atoms with Crippen molar-refractivity contribution >= 4 is 16.5 Å². The second-order valence-corrected chi connectivity index (χ2v) is 5.93. The van der Waals surface area contributed by atoms with Crippen LogP contribution in [0, 0.1) is 5.82 Å². The zero-order valence-corrected chi connectivity index (χ0v) is 12.9. The summed E-state index contributed by atoms with van der Waals surface area (Å²) in [5, 5.41) is 8.58. The summed E-state index contributed by atoms with van der Waals surface area (Å²) >= 11 is 0.410. The van der Waals surface area contributed by atoms with E-state index in [-0.39, 0.29) is 5.13 Å². The number of anilines is 1. The van der Waals surface area contributed by atoms with Crippen molar-refractivity contribution in [3.05, 3.63) is 76.5 Å². The van der Waals surface area contributed by atoms with Crippen LogP contribution < -0.4 is 5.32 Å². The smallest absolute Gasteiger partial charge is 0.349 e. The molecule has 24 heavy (non-hydrogen) atoms. The minimum absolute atomic E-state index is 0.0143. The van der Waals surface area contributed by atoms with Gasteiger partial charge in [0.2, 0.25) is 10.1 Å². The Kier molecular flexibility index (Phi) is 4.48. The highest BCUT2D eigenvalue weighted by Gasteiger charge is 2.36. The van der Waals surface area contributed by atoms with Crippen LogP contribution in [0.15, 0.2) is 54.6 Å². The number of nitrogens with one attached hydrogen (secondary N) is 1. The summed E-state index contributed by atoms with van der Waals surface area (Å²) in [4.78, 5) is 0. The van der Waals surface area contributed by atoms with Gasteiger partial charge < -0.3 is 5.32 Å². The lowest BCUT2D eigenvalue weighted by molar-refractivity contribution is -0.138. The van der Waals surface area contributed by atoms with Crippen LogP contribution in [0.1, 0.15) is 22.2 Å². The first kappa shape index (κ1) is 16.4. The van der Waals surface area contributed by atoms with Gasteiger partial charge in [0.25, 0.3) is 0 Å². The minimum atomic E-state index is -4.54. The molecule has 1 N–H and O–H groups in total. The van der Waals surface area contributed by atoms with E-state index in [1.807, 2.05) is 6.07 Å². The van der Waals surface area contributed by atoms with Crippen LogP contribution in [0.3, 0.4) is 0 Å². The van der Waals surface area contributed by atoms with E-state index < -0.39 is 23.0 Å². The van der Waals surface area contributed by atoms with E-state index in [0.717, 1.165) is 5.56 Å². The Bertz CT molecular complexity index is 817. The Balaban J connectivity index is 1.95. The van der Waals surface area contributed by atoms with Gasteiger partial charge in [-0.3, -0.25) is 0 Å². The molecule has 1 atom stereocenters. The first-order valence-corrected chi connectivity index (χ1v) is 7.73. The Morgan fingerprint density at radius 1 is 0.917 bits per heavy atom. The number of rotatable bonds is 4. The number of hydrogen-bond donors (Lipinski definition) is 1. The first-order chi connectivity index (χ1) is 11.4. The molecule has 0 saturated carbocycles. The second-order valence-electron chi connectivity index (χ2n) is 4.95. The molecular weight excluding hydrogens is 342 g/mol. The monoisotopic (exact) mass is 353 g/mol. The Morgan fingerprint density at radius 2 is 1.62 bits per heavy atom. The highest BCUT2D eigenvalue weighted by Crippen LogP contribution is 2.35. The number of benzene rings is 2. The molecule has 3 aromatic rings. The molecule has 124 valence electrons. The summed E-state index contributed by atoms with van der Waals surface area (Å²) in [6.07, 6.45) is -4.54. The molecule has 0 aliphatic heterocycles. The third kappa shape index (κ3) is 3.70. The first-order valence-electron chi connectivity index (χ1n) is 6.91. The molecule has 0 saturated heterocycles. The average Bonchev–Trinajstić information content (AvgIpc) is 3.02. The Labute approximate surface area is 139 Å². The molecule has 0 fully saturated rings. The lowest BCUT2D eigenvalue weighted by atomic mass is 9.99. The molecule has 0 aliphatic carbocycles. The van der Waals surface area contributed by atoms with Gasteiger partial charge >= 0.3 is 6.18 Å². The standard InChI is InChI=1S/C16H11F4N3S/c17-12-8-4-7-11(9-12)13(10-5-2-1-3-6-10)21-15-23-22-14(24-15)16(18,19)20/h1-9,13H,(H,21,23). The van der Waals surface area contributed by atoms with E-state index in [1.165, 1.54) is 12.1 Å². The van der Waals surface area contributed by atoms with Gasteiger partial charge in [-0.15, -0.1) is 10.2 Å². The van der Waals surface area contributed by atoms with Gasteiger partial charge in [-0.25, -0.2) is 4.39 Å². The molecule has 0 bridgehead atoms. The summed E-state index contributed by atoms with van der Waals surface area (Å²) in [7, 11) is 0. The number of halogens is 4. The van der Waals surface area contributed by atoms with E-state index in [4.69, 9.17) is 0 Å². The van der Waals surface area contributed by atoms with Gasteiger partial charge in [-0.2, -0.15) is 13.2 Å². The van der Waals surface area contributed by atoms with E-state index in [0.29, 0.717) is 16.9 Å². The van der Waals surface area contributed by atoms with Gasteiger partial charge in [-0.05, 0) is 23.3 Å². The van der Waals surface area contributed by atoms with E-state index >= 15 is 0 Å². The lowest BCUT2D eigenvalue weighted by Crippen LogP contribution is -2.12. The van der Waals surface area contributed by atoms with Crippen LogP contribution in [0.5, 0.6) is 0 Å². The van der Waals surface area contributed by atoms with Crippen molar-refractivity contribution in [3.63, 3.8) is 0 Å². The van der Waals surface area contributed by atoms with Gasteiger partial charge in [-0.1, -0.05) is 53.8 Å². The second kappa shape index (κ2) is 6.56. The van der Waals surface area contributed by atoms with Crippen LogP contribution in [-0.2, 0) is 6.18 Å². The van der Waals surface area contributed by atoms with Crippen LogP contribution in [-0.4, -0.2) is 10.2 Å². The topological polar surface area (TPSA) is 37.8 Å². The van der Waals surface area contributed by atoms with Crippen molar-refractivity contribution in [1.29, 1.82) is 0 Å². The molecule has 3 rings (SSSR count). The summed E-state index contributed by atoms with van der Waals surface area (Å²) < 4.78 is 51.5. The zero-order chi connectivity index (χ0) is 17.2. The fraction of sp³-hybridized carbons (Fsp3) is 0.125. The van der Waals surface area contributed by atoms with Crippen LogP contribution >= 0.6 is 11.3 Å². The van der Waals surface area contributed by atoms with Gasteiger partial charge in [0, 0.05) is 0 Å². The summed E-state index contributed by atoms with van der Waals surface area (Å²) in [6, 6.07) is 14.3. The fourth-order valence-corrected chi connectivity index (χ4v) is 2.85. The zero-order valence-electron chi connectivity index (χ0n) is 12.1. The molecule has 8 heteroatoms. The predicted octanol–water partition coefficient (Wildman–Crippen LogP) is 4.90. The van der Waals surface area contributed by atoms with Crippen molar-refractivity contribution in [2.24, 2.45) is 0 Å². The van der Waals surface area contributed by atoms with Crippen molar-refractivity contribution in [2.45, 2.75) is 12.2 Å². The van der Waals surface area contributed by atoms with Gasteiger partial charge in [0.15, 0.2) is 0 Å². The van der Waals surface area contributed by atoms with Gasteiger partial charge in [0.05, 0.1) is 6.04 Å². The maximum atomic E-state index is 13.5. The quantitative estimate of drug-likeness (QED) is 0.678. The number of aromatic nitrogens is 2. The van der Waals surface area contributed by atoms with Crippen molar-refractivity contribution in [3.8, 4) is 0 Å². The predicted molar refractivity (Wildman–Crippen MR) is 83.2 cm³/mol. The van der Waals surface area contributed by atoms with Crippen molar-refractivity contribution in [2.75, 3.05) is 5.32 Å². The summed E-state index contributed by atoms with van der Waals surface area (Å²) in [5.74, 6) is -0.427. The van der Waals surface area contributed by atoms with Crippen LogP contribution in [0.2, 0.25) is 0 Å². The normalized spacial score (nSPS) is 12.8. The molecule has 3 nitrogen and oxygen atoms in total. The maximum Gasteiger partial charge on any atom is 0.445 e. The molecule has 0 aliphatic rings. The minimum Gasteiger partial charge on any atom is -0.349 e. The third-order valence-corrected chi connectivity index (χ3v) is 4.15. The molecule has 0 amide bonds. The largest absolute Gasteiger partial charge is 0.445 e. The maximum absolute atomic E-state index is 13.5. The highest BCUT2D eigenvalue weighted by molar-refractivity contribution is 7.15. The summed E-state index contributed by atoms with van der Waals surface area (Å²) in [6.45, 7) is 0. The average molecular weight is 353 g/mol. The van der Waals surface area contributed by atoms with Crippen LogP contribution in [0.4, 0.5) is 22.7 Å². The van der Waals surface area contributed by atoms with Crippen molar-refractivity contribution < 1.29 is 17.6 Å². The van der Waals surface area contributed by atoms with Crippen molar-refractivity contribution in [1.82, 2.24) is 10.2 Å². The molecule has 1 aromatic heterocycles. The molecule has 1 heterocycles. The third-order valence-electron chi connectivity index (χ3n) is 3.25. The fourth-order valence-electron chi connectivity index (χ4n) is 2.21. The number of nitrogens with zero attached hydrogens (tertiary/aromatic N) is 2. The highest BCUT2D eigenvalue weighted by atomic mass is 32.1. The number of hydrogen-bond acceptors (Lipinski definition) is 4. The lowest BCUT2D eigenvalue weighted by Gasteiger charge is -2.19. The van der Waals surface area contributed by atoms with Gasteiger partial charge in [0.1, 0.15) is 5.82 Å².